The fourth-order valence-corrected chi connectivity index (χ4v) is 3.98. The van der Waals surface area contributed by atoms with Gasteiger partial charge >= 0.3 is 0 Å². The van der Waals surface area contributed by atoms with Crippen LogP contribution in [-0.2, 0) is 24.8 Å². The molecular formula is C23H27N3O. The Morgan fingerprint density at radius 3 is 2.74 bits per heavy atom. The highest BCUT2D eigenvalue weighted by Gasteiger charge is 2.29. The molecule has 2 aromatic carbocycles. The second-order valence-corrected chi connectivity index (χ2v) is 7.79. The van der Waals surface area contributed by atoms with Gasteiger partial charge in [0.1, 0.15) is 0 Å². The van der Waals surface area contributed by atoms with Gasteiger partial charge in [-0.3, -0.25) is 4.79 Å². The number of aromatic nitrogens is 1. The first-order valence-corrected chi connectivity index (χ1v) is 9.69. The highest BCUT2D eigenvalue weighted by atomic mass is 16.2. The topological polar surface area (TPSA) is 46.1 Å². The van der Waals surface area contributed by atoms with E-state index in [1.807, 2.05) is 7.05 Å². The van der Waals surface area contributed by atoms with Crippen LogP contribution in [-0.4, -0.2) is 23.1 Å². The van der Waals surface area contributed by atoms with Crippen molar-refractivity contribution in [1.82, 2.24) is 15.2 Å². The molecule has 2 heterocycles. The Hall–Kier alpha value is -2.59. The molecule has 1 fully saturated rings. The first kappa shape index (κ1) is 17.8. The first-order chi connectivity index (χ1) is 13.1. The van der Waals surface area contributed by atoms with Crippen LogP contribution in [0.25, 0.3) is 10.9 Å². The number of benzene rings is 2. The first-order valence-electron chi connectivity index (χ1n) is 9.69. The molecule has 0 bridgehead atoms. The lowest BCUT2D eigenvalue weighted by Crippen LogP contribution is -2.39. The van der Waals surface area contributed by atoms with Gasteiger partial charge in [-0.2, -0.15) is 0 Å². The van der Waals surface area contributed by atoms with Crippen molar-refractivity contribution < 1.29 is 4.79 Å². The number of hydrogen-bond acceptors (Lipinski definition) is 2. The number of carbonyl (C=O) groups is 1. The van der Waals surface area contributed by atoms with Crippen LogP contribution in [0, 0.1) is 12.8 Å². The van der Waals surface area contributed by atoms with Crippen LogP contribution in [0.1, 0.15) is 23.1 Å². The normalized spacial score (nSPS) is 19.5. The maximum Gasteiger partial charge on any atom is 0.237 e. The fraction of sp³-hybridized carbons (Fsp3) is 0.348. The van der Waals surface area contributed by atoms with Gasteiger partial charge in [-0.1, -0.05) is 35.9 Å². The molecule has 27 heavy (non-hydrogen) atoms. The number of aryl methyl sites for hydroxylation is 2. The molecule has 4 nitrogen and oxygen atoms in total. The summed E-state index contributed by atoms with van der Waals surface area (Å²) in [6.45, 7) is 3.59. The predicted molar refractivity (Wildman–Crippen MR) is 110 cm³/mol. The van der Waals surface area contributed by atoms with Gasteiger partial charge in [-0.05, 0) is 66.9 Å². The molecule has 1 amide bonds. The third-order valence-electron chi connectivity index (χ3n) is 5.60. The highest BCUT2D eigenvalue weighted by molar-refractivity contribution is 5.83. The standard InChI is InChI=1S/C23H27N3O/c1-16-3-5-17(6-4-16)11-19-13-21(24-15-19)23(27)25-14-18-7-8-22-20(12-18)9-10-26(22)2/h3-10,12,19,21,24H,11,13-15H2,1-2H3,(H,25,27)/t19-,21+/m1/s1. The van der Waals surface area contributed by atoms with Crippen molar-refractivity contribution in [2.75, 3.05) is 6.54 Å². The van der Waals surface area contributed by atoms with Gasteiger partial charge < -0.3 is 15.2 Å². The molecule has 4 heteroatoms. The summed E-state index contributed by atoms with van der Waals surface area (Å²) in [5.74, 6) is 0.624. The second kappa shape index (κ2) is 7.57. The summed E-state index contributed by atoms with van der Waals surface area (Å²) in [4.78, 5) is 12.6. The van der Waals surface area contributed by atoms with Crippen molar-refractivity contribution in [3.8, 4) is 0 Å². The maximum absolute atomic E-state index is 12.6. The van der Waals surface area contributed by atoms with Crippen LogP contribution in [0.2, 0.25) is 0 Å². The van der Waals surface area contributed by atoms with Gasteiger partial charge in [0, 0.05) is 25.3 Å². The zero-order valence-corrected chi connectivity index (χ0v) is 16.0. The van der Waals surface area contributed by atoms with E-state index in [4.69, 9.17) is 0 Å². The van der Waals surface area contributed by atoms with Crippen molar-refractivity contribution in [3.63, 3.8) is 0 Å². The van der Waals surface area contributed by atoms with E-state index in [1.165, 1.54) is 22.0 Å². The second-order valence-electron chi connectivity index (χ2n) is 7.79. The third kappa shape index (κ3) is 4.06. The quantitative estimate of drug-likeness (QED) is 0.732. The molecule has 2 atom stereocenters. The van der Waals surface area contributed by atoms with E-state index in [1.54, 1.807) is 0 Å². The predicted octanol–water partition coefficient (Wildman–Crippen LogP) is 3.32. The largest absolute Gasteiger partial charge is 0.351 e. The Labute approximate surface area is 160 Å². The summed E-state index contributed by atoms with van der Waals surface area (Å²) in [6, 6.07) is 17.1. The summed E-state index contributed by atoms with van der Waals surface area (Å²) in [5.41, 5.74) is 4.98. The molecule has 0 aliphatic carbocycles. The van der Waals surface area contributed by atoms with Crippen molar-refractivity contribution >= 4 is 16.8 Å². The summed E-state index contributed by atoms with van der Waals surface area (Å²) in [5, 5.41) is 7.70. The van der Waals surface area contributed by atoms with Crippen molar-refractivity contribution in [1.29, 1.82) is 0 Å². The summed E-state index contributed by atoms with van der Waals surface area (Å²) >= 11 is 0. The molecule has 1 aliphatic rings. The van der Waals surface area contributed by atoms with Gasteiger partial charge in [-0.15, -0.1) is 0 Å². The zero-order valence-electron chi connectivity index (χ0n) is 16.0. The van der Waals surface area contributed by atoms with E-state index in [-0.39, 0.29) is 11.9 Å². The Morgan fingerprint density at radius 2 is 1.93 bits per heavy atom. The molecule has 1 saturated heterocycles. The van der Waals surface area contributed by atoms with E-state index in [0.29, 0.717) is 12.5 Å². The molecular weight excluding hydrogens is 334 g/mol. The van der Waals surface area contributed by atoms with Crippen LogP contribution < -0.4 is 10.6 Å². The van der Waals surface area contributed by atoms with E-state index in [2.05, 4.69) is 76.9 Å². The van der Waals surface area contributed by atoms with Crippen molar-refractivity contribution in [2.24, 2.45) is 13.0 Å². The van der Waals surface area contributed by atoms with Crippen LogP contribution in [0.5, 0.6) is 0 Å². The van der Waals surface area contributed by atoms with E-state index in [9.17, 15) is 4.79 Å². The van der Waals surface area contributed by atoms with Gasteiger partial charge in [0.15, 0.2) is 0 Å². The maximum atomic E-state index is 12.6. The van der Waals surface area contributed by atoms with Crippen LogP contribution >= 0.6 is 0 Å². The lowest BCUT2D eigenvalue weighted by Gasteiger charge is -2.12. The van der Waals surface area contributed by atoms with Gasteiger partial charge in [0.25, 0.3) is 0 Å². The number of amides is 1. The minimum Gasteiger partial charge on any atom is -0.351 e. The summed E-state index contributed by atoms with van der Waals surface area (Å²) < 4.78 is 2.11. The molecule has 0 spiro atoms. The lowest BCUT2D eigenvalue weighted by atomic mass is 9.96. The number of rotatable bonds is 5. The fourth-order valence-electron chi connectivity index (χ4n) is 3.98. The molecule has 3 aromatic rings. The highest BCUT2D eigenvalue weighted by Crippen LogP contribution is 2.20. The molecule has 0 unspecified atom stereocenters. The monoisotopic (exact) mass is 361 g/mol. The Kier molecular flexibility index (Phi) is 4.99. The molecule has 1 aromatic heterocycles. The molecule has 0 radical (unpaired) electrons. The minimum atomic E-state index is -0.0825. The molecule has 1 aliphatic heterocycles. The minimum absolute atomic E-state index is 0.0825. The average Bonchev–Trinajstić information content (AvgIpc) is 3.29. The summed E-state index contributed by atoms with van der Waals surface area (Å²) in [7, 11) is 2.04. The van der Waals surface area contributed by atoms with E-state index in [0.717, 1.165) is 24.9 Å². The van der Waals surface area contributed by atoms with Gasteiger partial charge in [-0.25, -0.2) is 0 Å². The van der Waals surface area contributed by atoms with E-state index >= 15 is 0 Å². The lowest BCUT2D eigenvalue weighted by molar-refractivity contribution is -0.123. The van der Waals surface area contributed by atoms with Crippen molar-refractivity contribution in [2.45, 2.75) is 32.4 Å². The summed E-state index contributed by atoms with van der Waals surface area (Å²) in [6.07, 6.45) is 3.99. The Morgan fingerprint density at radius 1 is 1.15 bits per heavy atom. The molecule has 2 N–H and O–H groups in total. The average molecular weight is 361 g/mol. The van der Waals surface area contributed by atoms with Crippen LogP contribution in [0.4, 0.5) is 0 Å². The number of nitrogens with one attached hydrogen (secondary N) is 2. The van der Waals surface area contributed by atoms with Crippen LogP contribution in [0.15, 0.2) is 54.7 Å². The Bertz CT molecular complexity index is 942. The van der Waals surface area contributed by atoms with Crippen LogP contribution in [0.3, 0.4) is 0 Å². The van der Waals surface area contributed by atoms with Gasteiger partial charge in [0.05, 0.1) is 6.04 Å². The van der Waals surface area contributed by atoms with Crippen molar-refractivity contribution in [3.05, 3.63) is 71.4 Å². The Balaban J connectivity index is 1.30. The molecule has 0 saturated carbocycles. The number of fused-ring (bicyclic) bond motifs is 1. The van der Waals surface area contributed by atoms with Gasteiger partial charge in [0.2, 0.25) is 5.91 Å². The zero-order chi connectivity index (χ0) is 18.8. The van der Waals surface area contributed by atoms with E-state index < -0.39 is 0 Å². The number of carbonyl (C=O) groups excluding carboxylic acids is 1. The number of hydrogen-bond donors (Lipinski definition) is 2. The molecule has 4 rings (SSSR count). The smallest absolute Gasteiger partial charge is 0.237 e. The number of nitrogens with zero attached hydrogens (tertiary/aromatic N) is 1. The third-order valence-corrected chi connectivity index (χ3v) is 5.60. The molecule has 140 valence electrons. The SMILES string of the molecule is Cc1ccc(C[C@H]2CN[C@H](C(=O)NCc3ccc4c(ccn4C)c3)C2)cc1.